The van der Waals surface area contributed by atoms with Crippen molar-refractivity contribution in [1.29, 1.82) is 0 Å². The number of amides is 2. The lowest BCUT2D eigenvalue weighted by molar-refractivity contribution is -0.146. The first-order chi connectivity index (χ1) is 14.5. The fourth-order valence-corrected chi connectivity index (χ4v) is 4.07. The highest BCUT2D eigenvalue weighted by Gasteiger charge is 2.38. The van der Waals surface area contributed by atoms with Gasteiger partial charge < -0.3 is 24.9 Å². The molecule has 4 rings (SSSR count). The molecule has 10 nitrogen and oxygen atoms in total. The molecule has 2 amide bonds. The van der Waals surface area contributed by atoms with Gasteiger partial charge in [0.05, 0.1) is 18.4 Å². The Morgan fingerprint density at radius 1 is 1.10 bits per heavy atom. The van der Waals surface area contributed by atoms with Crippen LogP contribution in [0.3, 0.4) is 0 Å². The Morgan fingerprint density at radius 2 is 1.87 bits per heavy atom. The highest BCUT2D eigenvalue weighted by molar-refractivity contribution is 5.83. The Hall–Kier alpha value is -3.14. The number of aromatic amines is 1. The molecule has 0 saturated carbocycles. The number of aromatic nitrogens is 3. The van der Waals surface area contributed by atoms with Crippen LogP contribution >= 0.6 is 0 Å². The number of aliphatic hydroxyl groups excluding tert-OH is 1. The van der Waals surface area contributed by atoms with Crippen molar-refractivity contribution in [2.45, 2.75) is 18.9 Å². The highest BCUT2D eigenvalue weighted by atomic mass is 16.3. The monoisotopic (exact) mass is 414 g/mol. The minimum absolute atomic E-state index is 0.0690. The first kappa shape index (κ1) is 20.1. The summed E-state index contributed by atoms with van der Waals surface area (Å²) < 4.78 is 0. The number of aromatic hydroxyl groups is 1. The van der Waals surface area contributed by atoms with E-state index in [1.165, 1.54) is 6.33 Å². The van der Waals surface area contributed by atoms with Gasteiger partial charge in [-0.2, -0.15) is 10.1 Å². The maximum atomic E-state index is 13.1. The van der Waals surface area contributed by atoms with Crippen LogP contribution in [0.15, 0.2) is 30.6 Å². The van der Waals surface area contributed by atoms with Crippen LogP contribution in [0.5, 0.6) is 5.75 Å². The lowest BCUT2D eigenvalue weighted by atomic mass is 9.92. The molecule has 3 heterocycles. The number of carbonyl (C=O) groups is 2. The average molecular weight is 414 g/mol. The van der Waals surface area contributed by atoms with Crippen molar-refractivity contribution in [3.63, 3.8) is 0 Å². The van der Waals surface area contributed by atoms with Crippen LogP contribution in [0.1, 0.15) is 12.0 Å². The van der Waals surface area contributed by atoms with E-state index in [9.17, 15) is 19.8 Å². The van der Waals surface area contributed by atoms with Crippen molar-refractivity contribution >= 4 is 17.8 Å². The lowest BCUT2D eigenvalue weighted by Gasteiger charge is -2.40. The Balaban J connectivity index is 1.35. The number of carbonyl (C=O) groups excluding carboxylic acids is 2. The zero-order chi connectivity index (χ0) is 21.1. The molecule has 0 bridgehead atoms. The van der Waals surface area contributed by atoms with Crippen LogP contribution < -0.4 is 4.90 Å². The molecule has 0 aliphatic carbocycles. The molecule has 2 atom stereocenters. The summed E-state index contributed by atoms with van der Waals surface area (Å²) in [4.78, 5) is 35.3. The van der Waals surface area contributed by atoms with E-state index in [2.05, 4.69) is 15.2 Å². The highest BCUT2D eigenvalue weighted by Crippen LogP contribution is 2.23. The number of piperidine rings is 1. The smallest absolute Gasteiger partial charge is 0.230 e. The van der Waals surface area contributed by atoms with Crippen molar-refractivity contribution in [2.24, 2.45) is 5.92 Å². The van der Waals surface area contributed by atoms with Gasteiger partial charge in [0, 0.05) is 44.8 Å². The van der Waals surface area contributed by atoms with Gasteiger partial charge in [-0.15, -0.1) is 0 Å². The van der Waals surface area contributed by atoms with E-state index in [-0.39, 0.29) is 30.5 Å². The van der Waals surface area contributed by atoms with Crippen LogP contribution in [0.25, 0.3) is 0 Å². The number of phenolic OH excluding ortho intramolecular Hbond substituents is 1. The van der Waals surface area contributed by atoms with Crippen molar-refractivity contribution in [2.75, 3.05) is 44.2 Å². The predicted octanol–water partition coefficient (Wildman–Crippen LogP) is -0.389. The number of piperazine rings is 1. The molecule has 10 heteroatoms. The summed E-state index contributed by atoms with van der Waals surface area (Å²) in [7, 11) is 0. The summed E-state index contributed by atoms with van der Waals surface area (Å²) in [5, 5.41) is 27.0. The molecule has 2 aromatic rings. The number of phenols is 1. The van der Waals surface area contributed by atoms with Gasteiger partial charge in [0.25, 0.3) is 0 Å². The van der Waals surface area contributed by atoms with Gasteiger partial charge in [-0.05, 0) is 12.5 Å². The summed E-state index contributed by atoms with van der Waals surface area (Å²) >= 11 is 0. The Labute approximate surface area is 174 Å². The SMILES string of the molecule is O=C(Cc1ccccc1O)N1CC[C@@H](O)[C@@H](C(=O)N2CCN(c3ncn[nH]3)CC2)C1. The minimum atomic E-state index is -0.765. The van der Waals surface area contributed by atoms with Crippen molar-refractivity contribution < 1.29 is 19.8 Å². The van der Waals surface area contributed by atoms with E-state index in [1.807, 2.05) is 4.90 Å². The van der Waals surface area contributed by atoms with Gasteiger partial charge in [-0.1, -0.05) is 18.2 Å². The number of rotatable bonds is 4. The van der Waals surface area contributed by atoms with Gasteiger partial charge in [0.15, 0.2) is 0 Å². The third-order valence-corrected chi connectivity index (χ3v) is 5.87. The Morgan fingerprint density at radius 3 is 2.57 bits per heavy atom. The van der Waals surface area contributed by atoms with Gasteiger partial charge in [0.1, 0.15) is 12.1 Å². The minimum Gasteiger partial charge on any atom is -0.508 e. The van der Waals surface area contributed by atoms with Crippen LogP contribution in [-0.4, -0.2) is 92.4 Å². The van der Waals surface area contributed by atoms with Crippen LogP contribution in [0.2, 0.25) is 0 Å². The fraction of sp³-hybridized carbons (Fsp3) is 0.500. The summed E-state index contributed by atoms with van der Waals surface area (Å²) in [6.07, 6.45) is 1.12. The van der Waals surface area contributed by atoms with E-state index in [1.54, 1.807) is 34.1 Å². The maximum Gasteiger partial charge on any atom is 0.230 e. The topological polar surface area (TPSA) is 126 Å². The molecule has 1 aromatic carbocycles. The van der Waals surface area contributed by atoms with Gasteiger partial charge in [0.2, 0.25) is 17.8 Å². The lowest BCUT2D eigenvalue weighted by Crippen LogP contribution is -2.56. The third-order valence-electron chi connectivity index (χ3n) is 5.87. The Bertz CT molecular complexity index is 881. The Kier molecular flexibility index (Phi) is 5.84. The van der Waals surface area contributed by atoms with Crippen molar-refractivity contribution in [1.82, 2.24) is 25.0 Å². The third kappa shape index (κ3) is 4.23. The zero-order valence-corrected chi connectivity index (χ0v) is 16.6. The van der Waals surface area contributed by atoms with E-state index in [0.29, 0.717) is 50.7 Å². The van der Waals surface area contributed by atoms with Crippen molar-refractivity contribution in [3.8, 4) is 5.75 Å². The molecule has 0 radical (unpaired) electrons. The van der Waals surface area contributed by atoms with E-state index < -0.39 is 12.0 Å². The second-order valence-electron chi connectivity index (χ2n) is 7.73. The number of hydrogen-bond donors (Lipinski definition) is 3. The molecular formula is C20H26N6O4. The largest absolute Gasteiger partial charge is 0.508 e. The number of aliphatic hydroxyl groups is 1. The molecule has 2 aliphatic heterocycles. The number of likely N-dealkylation sites (tertiary alicyclic amines) is 1. The van der Waals surface area contributed by atoms with Crippen LogP contribution in [0.4, 0.5) is 5.95 Å². The van der Waals surface area contributed by atoms with E-state index in [0.717, 1.165) is 0 Å². The molecule has 2 saturated heterocycles. The fourth-order valence-electron chi connectivity index (χ4n) is 4.07. The van der Waals surface area contributed by atoms with Crippen LogP contribution in [0, 0.1) is 5.92 Å². The first-order valence-electron chi connectivity index (χ1n) is 10.1. The summed E-state index contributed by atoms with van der Waals surface area (Å²) in [5.74, 6) is -0.152. The molecule has 0 spiro atoms. The normalized spacial score (nSPS) is 22.2. The molecule has 1 aromatic heterocycles. The molecule has 2 fully saturated rings. The number of hydrogen-bond acceptors (Lipinski definition) is 7. The number of nitrogens with zero attached hydrogens (tertiary/aromatic N) is 5. The summed E-state index contributed by atoms with van der Waals surface area (Å²) in [5.41, 5.74) is 0.556. The zero-order valence-electron chi connectivity index (χ0n) is 16.6. The molecule has 160 valence electrons. The number of anilines is 1. The molecule has 0 unspecified atom stereocenters. The predicted molar refractivity (Wildman–Crippen MR) is 108 cm³/mol. The second kappa shape index (κ2) is 8.70. The summed E-state index contributed by atoms with van der Waals surface area (Å²) in [6.45, 7) is 2.88. The van der Waals surface area contributed by atoms with Gasteiger partial charge in [-0.25, -0.2) is 5.10 Å². The van der Waals surface area contributed by atoms with Crippen LogP contribution in [-0.2, 0) is 16.0 Å². The van der Waals surface area contributed by atoms with Crippen molar-refractivity contribution in [3.05, 3.63) is 36.2 Å². The quantitative estimate of drug-likeness (QED) is 0.622. The number of nitrogens with one attached hydrogen (secondary N) is 1. The first-order valence-corrected chi connectivity index (χ1v) is 10.1. The van der Waals surface area contributed by atoms with Gasteiger partial charge >= 0.3 is 0 Å². The van der Waals surface area contributed by atoms with Gasteiger partial charge in [-0.3, -0.25) is 9.59 Å². The standard InChI is InChI=1S/C20H26N6O4/c27-16-4-2-1-3-14(16)11-18(29)26-6-5-17(28)15(12-26)19(30)24-7-9-25(10-8-24)20-21-13-22-23-20/h1-4,13,15,17,27-28H,5-12H2,(H,21,22,23)/t15-,17+/m0/s1. The molecule has 3 N–H and O–H groups in total. The van der Waals surface area contributed by atoms with E-state index >= 15 is 0 Å². The number of para-hydroxylation sites is 1. The molecule has 30 heavy (non-hydrogen) atoms. The summed E-state index contributed by atoms with van der Waals surface area (Å²) in [6, 6.07) is 6.74. The number of H-pyrrole nitrogens is 1. The molecular weight excluding hydrogens is 388 g/mol. The second-order valence-corrected chi connectivity index (χ2v) is 7.73. The molecule has 2 aliphatic rings. The van der Waals surface area contributed by atoms with E-state index in [4.69, 9.17) is 0 Å². The average Bonchev–Trinajstić information content (AvgIpc) is 3.30. The maximum absolute atomic E-state index is 13.1. The number of benzene rings is 1.